The van der Waals surface area contributed by atoms with Crippen molar-refractivity contribution in [1.82, 2.24) is 9.16 Å². The second-order valence-corrected chi connectivity index (χ2v) is 11.8. The molecule has 0 aromatic heterocycles. The highest BCUT2D eigenvalue weighted by atomic mass is 32.7. The van der Waals surface area contributed by atoms with Gasteiger partial charge in [0.05, 0.1) is 5.75 Å². The van der Waals surface area contributed by atoms with Gasteiger partial charge < -0.3 is 0 Å². The summed E-state index contributed by atoms with van der Waals surface area (Å²) < 4.78 is 37.8. The van der Waals surface area contributed by atoms with Gasteiger partial charge >= 0.3 is 0 Å². The number of nitrogens with zero attached hydrogens (tertiary/aromatic N) is 1. The molecule has 0 radical (unpaired) electrons. The van der Waals surface area contributed by atoms with Crippen LogP contribution < -0.4 is 5.09 Å². The van der Waals surface area contributed by atoms with Gasteiger partial charge in [-0.3, -0.25) is 4.57 Å². The molecule has 5 nitrogen and oxygen atoms in total. The van der Waals surface area contributed by atoms with Crippen LogP contribution in [0.15, 0.2) is 0 Å². The summed E-state index contributed by atoms with van der Waals surface area (Å²) in [5.41, 5.74) is 0. The predicted octanol–water partition coefficient (Wildman–Crippen LogP) is 2.91. The standard InChI is InChI=1S/C10H25N2O3PS2/c1-6-8-9-18(14,15)12(5)16(13,11-4)17-10(3)7-2/h10H,6-9H2,1-5H3,(H,11,13). The molecule has 0 amide bonds. The molecule has 0 aliphatic heterocycles. The molecule has 2 unspecified atom stereocenters. The first kappa shape index (κ1) is 18.4. The molecule has 0 fully saturated rings. The van der Waals surface area contributed by atoms with Crippen molar-refractivity contribution in [3.8, 4) is 0 Å². The van der Waals surface area contributed by atoms with Crippen LogP contribution in [0, 0.1) is 0 Å². The Balaban J connectivity index is 5.00. The highest BCUT2D eigenvalue weighted by Crippen LogP contribution is 2.60. The van der Waals surface area contributed by atoms with Crippen LogP contribution in [0.1, 0.15) is 40.0 Å². The maximum Gasteiger partial charge on any atom is 0.281 e. The van der Waals surface area contributed by atoms with Crippen molar-refractivity contribution in [3.05, 3.63) is 0 Å². The lowest BCUT2D eigenvalue weighted by molar-refractivity contribution is 0.524. The minimum atomic E-state index is -3.46. The Morgan fingerprint density at radius 3 is 2.33 bits per heavy atom. The Morgan fingerprint density at radius 2 is 1.94 bits per heavy atom. The molecule has 8 heteroatoms. The summed E-state index contributed by atoms with van der Waals surface area (Å²) in [6.07, 6.45) is 2.24. The highest BCUT2D eigenvalue weighted by molar-refractivity contribution is 8.58. The minimum absolute atomic E-state index is 0.0483. The van der Waals surface area contributed by atoms with Crippen LogP contribution in [0.4, 0.5) is 0 Å². The van der Waals surface area contributed by atoms with E-state index in [4.69, 9.17) is 0 Å². The van der Waals surface area contributed by atoms with E-state index < -0.39 is 16.7 Å². The van der Waals surface area contributed by atoms with Crippen molar-refractivity contribution in [2.75, 3.05) is 19.8 Å². The van der Waals surface area contributed by atoms with Crippen molar-refractivity contribution in [1.29, 1.82) is 0 Å². The number of sulfonamides is 1. The average Bonchev–Trinajstić information content (AvgIpc) is 2.35. The first-order valence-corrected chi connectivity index (χ1v) is 10.9. The molecule has 18 heavy (non-hydrogen) atoms. The van der Waals surface area contributed by atoms with Gasteiger partial charge in [-0.15, -0.1) is 4.08 Å². The smallest absolute Gasteiger partial charge is 0.276 e. The Hall–Kier alpha value is 0.450. The highest BCUT2D eigenvalue weighted by Gasteiger charge is 2.36. The molecule has 0 aliphatic rings. The molecule has 0 aromatic rings. The number of rotatable bonds is 9. The van der Waals surface area contributed by atoms with Gasteiger partial charge in [-0.1, -0.05) is 38.6 Å². The fraction of sp³-hybridized carbons (Fsp3) is 1.00. The lowest BCUT2D eigenvalue weighted by atomic mass is 10.4. The normalized spacial score (nSPS) is 17.7. The molecule has 0 aliphatic carbocycles. The zero-order valence-electron chi connectivity index (χ0n) is 11.8. The summed E-state index contributed by atoms with van der Waals surface area (Å²) in [6.45, 7) is 2.75. The van der Waals surface area contributed by atoms with Crippen LogP contribution in [-0.2, 0) is 14.6 Å². The average molecular weight is 316 g/mol. The number of hydrogen-bond acceptors (Lipinski definition) is 4. The summed E-state index contributed by atoms with van der Waals surface area (Å²) in [7, 11) is -0.515. The molecule has 0 heterocycles. The Bertz CT molecular complexity index is 387. The maximum absolute atomic E-state index is 12.7. The monoisotopic (exact) mass is 316 g/mol. The predicted molar refractivity (Wildman–Crippen MR) is 80.5 cm³/mol. The summed E-state index contributed by atoms with van der Waals surface area (Å²) >= 11 is 1.21. The quantitative estimate of drug-likeness (QED) is 0.663. The largest absolute Gasteiger partial charge is 0.281 e. The van der Waals surface area contributed by atoms with E-state index in [0.29, 0.717) is 6.42 Å². The van der Waals surface area contributed by atoms with E-state index in [9.17, 15) is 13.0 Å². The van der Waals surface area contributed by atoms with Crippen molar-refractivity contribution < 1.29 is 13.0 Å². The van der Waals surface area contributed by atoms with Gasteiger partial charge in [0.25, 0.3) is 6.65 Å². The molecule has 2 atom stereocenters. The number of nitrogens with one attached hydrogen (secondary N) is 1. The molecule has 1 N–H and O–H groups in total. The molecule has 0 saturated heterocycles. The van der Waals surface area contributed by atoms with Gasteiger partial charge in [-0.2, -0.15) is 0 Å². The third-order valence-electron chi connectivity index (χ3n) is 2.71. The SMILES string of the molecule is CCCCS(=O)(=O)N(C)P(=O)(NC)SC(C)CC. The molecule has 0 bridgehead atoms. The summed E-state index contributed by atoms with van der Waals surface area (Å²) in [5, 5.41) is 2.84. The van der Waals surface area contributed by atoms with Gasteiger partial charge in [-0.05, 0) is 19.9 Å². The van der Waals surface area contributed by atoms with E-state index in [1.807, 2.05) is 20.8 Å². The van der Waals surface area contributed by atoms with Crippen molar-refractivity contribution in [3.63, 3.8) is 0 Å². The van der Waals surface area contributed by atoms with Crippen LogP contribution in [0.25, 0.3) is 0 Å². The summed E-state index contributed by atoms with van der Waals surface area (Å²) in [4.78, 5) is 0. The van der Waals surface area contributed by atoms with Crippen molar-refractivity contribution in [2.45, 2.75) is 45.3 Å². The van der Waals surface area contributed by atoms with Gasteiger partial charge in [0.15, 0.2) is 0 Å². The first-order chi connectivity index (χ1) is 8.23. The number of unbranched alkanes of at least 4 members (excludes halogenated alkanes) is 1. The maximum atomic E-state index is 12.7. The van der Waals surface area contributed by atoms with Crippen LogP contribution in [0.3, 0.4) is 0 Å². The molecular weight excluding hydrogens is 291 g/mol. The molecule has 0 rings (SSSR count). The lowest BCUT2D eigenvalue weighted by Gasteiger charge is -2.28. The number of hydrogen-bond donors (Lipinski definition) is 1. The Kier molecular flexibility index (Phi) is 8.10. The molecule has 0 saturated carbocycles. The zero-order valence-corrected chi connectivity index (χ0v) is 14.4. The first-order valence-electron chi connectivity index (χ1n) is 6.18. The molecular formula is C10H25N2O3PS2. The van der Waals surface area contributed by atoms with Crippen LogP contribution in [0.2, 0.25) is 0 Å². The topological polar surface area (TPSA) is 66.5 Å². The third-order valence-corrected chi connectivity index (χ3v) is 11.6. The molecule has 110 valence electrons. The molecule has 0 aromatic carbocycles. The Labute approximate surface area is 115 Å². The van der Waals surface area contributed by atoms with Crippen LogP contribution >= 0.6 is 18.0 Å². The fourth-order valence-corrected chi connectivity index (χ4v) is 8.96. The third kappa shape index (κ3) is 5.21. The van der Waals surface area contributed by atoms with Gasteiger partial charge in [0.1, 0.15) is 0 Å². The van der Waals surface area contributed by atoms with E-state index in [0.717, 1.165) is 16.9 Å². The van der Waals surface area contributed by atoms with Gasteiger partial charge in [-0.25, -0.2) is 13.5 Å². The van der Waals surface area contributed by atoms with Crippen molar-refractivity contribution >= 4 is 28.1 Å². The van der Waals surface area contributed by atoms with Crippen LogP contribution in [-0.4, -0.2) is 37.6 Å². The van der Waals surface area contributed by atoms with E-state index in [1.54, 1.807) is 7.05 Å². The van der Waals surface area contributed by atoms with Crippen molar-refractivity contribution in [2.24, 2.45) is 0 Å². The minimum Gasteiger partial charge on any atom is -0.276 e. The van der Waals surface area contributed by atoms with Gasteiger partial charge in [0.2, 0.25) is 10.0 Å². The second-order valence-electron chi connectivity index (χ2n) is 4.17. The van der Waals surface area contributed by atoms with E-state index in [-0.39, 0.29) is 11.0 Å². The van der Waals surface area contributed by atoms with Crippen LogP contribution in [0.5, 0.6) is 0 Å². The van der Waals surface area contributed by atoms with E-state index in [1.165, 1.54) is 18.4 Å². The molecule has 0 spiro atoms. The van der Waals surface area contributed by atoms with E-state index >= 15 is 0 Å². The Morgan fingerprint density at radius 1 is 1.39 bits per heavy atom. The summed E-state index contributed by atoms with van der Waals surface area (Å²) in [6, 6.07) is 0. The fourth-order valence-electron chi connectivity index (χ4n) is 1.20. The van der Waals surface area contributed by atoms with E-state index in [2.05, 4.69) is 5.09 Å². The van der Waals surface area contributed by atoms with Gasteiger partial charge in [0, 0.05) is 12.3 Å². The summed E-state index contributed by atoms with van der Waals surface area (Å²) in [5.74, 6) is 0.0483. The zero-order chi connectivity index (χ0) is 14.4. The lowest BCUT2D eigenvalue weighted by Crippen LogP contribution is -2.30. The second kappa shape index (κ2) is 7.90.